The third-order valence-electron chi connectivity index (χ3n) is 4.62. The Hall–Kier alpha value is -2.55. The molecular formula is C17H17F3N2O4. The molecule has 0 spiro atoms. The molecule has 0 radical (unpaired) electrons. The molecule has 140 valence electrons. The van der Waals surface area contributed by atoms with Gasteiger partial charge in [-0.25, -0.2) is 0 Å². The number of nitrogens with zero attached hydrogens (tertiary/aromatic N) is 1. The zero-order valence-electron chi connectivity index (χ0n) is 13.6. The van der Waals surface area contributed by atoms with Crippen LogP contribution in [0.3, 0.4) is 0 Å². The first-order chi connectivity index (χ1) is 12.2. The maximum atomic E-state index is 12.8. The van der Waals surface area contributed by atoms with Gasteiger partial charge in [-0.3, -0.25) is 14.5 Å². The lowest BCUT2D eigenvalue weighted by Crippen LogP contribution is -2.39. The zero-order chi connectivity index (χ0) is 18.9. The molecule has 2 unspecified atom stereocenters. The smallest absolute Gasteiger partial charge is 0.416 e. The van der Waals surface area contributed by atoms with Crippen LogP contribution in [0.25, 0.3) is 0 Å². The van der Waals surface area contributed by atoms with E-state index in [-0.39, 0.29) is 24.1 Å². The second-order valence-corrected chi connectivity index (χ2v) is 6.34. The van der Waals surface area contributed by atoms with Gasteiger partial charge in [-0.05, 0) is 30.5 Å². The number of carbonyl (C=O) groups is 1. The molecule has 3 rings (SSSR count). The summed E-state index contributed by atoms with van der Waals surface area (Å²) in [6, 6.07) is 5.70. The topological polar surface area (TPSA) is 86.5 Å². The summed E-state index contributed by atoms with van der Waals surface area (Å²) in [4.78, 5) is 24.1. The standard InChI is InChI=1S/C17H17F3N2O4/c18-17(19,20)12-3-1-10(2-4-12)13-7-11(14-8-15(23)21-26-14)5-6-22(13)9-16(24)25/h1-4,8,11,13H,5-7,9H2,(H,21,23)(H,24,25). The second kappa shape index (κ2) is 6.99. The molecule has 1 aliphatic rings. The van der Waals surface area contributed by atoms with E-state index in [0.29, 0.717) is 30.7 Å². The molecular weight excluding hydrogens is 353 g/mol. The molecule has 26 heavy (non-hydrogen) atoms. The quantitative estimate of drug-likeness (QED) is 0.864. The van der Waals surface area contributed by atoms with Crippen molar-refractivity contribution >= 4 is 5.97 Å². The number of carboxylic acid groups (broad SMARTS) is 1. The van der Waals surface area contributed by atoms with Gasteiger partial charge in [0.1, 0.15) is 5.76 Å². The number of aromatic nitrogens is 1. The van der Waals surface area contributed by atoms with Crippen LogP contribution in [0.1, 0.15) is 41.7 Å². The van der Waals surface area contributed by atoms with E-state index in [4.69, 9.17) is 9.63 Å². The van der Waals surface area contributed by atoms with Gasteiger partial charge in [-0.2, -0.15) is 18.3 Å². The van der Waals surface area contributed by atoms with Crippen LogP contribution >= 0.6 is 0 Å². The number of hydrogen-bond acceptors (Lipinski definition) is 4. The van der Waals surface area contributed by atoms with Crippen LogP contribution in [0.4, 0.5) is 13.2 Å². The molecule has 1 saturated heterocycles. The number of rotatable bonds is 4. The summed E-state index contributed by atoms with van der Waals surface area (Å²) in [6.45, 7) is 0.215. The third kappa shape index (κ3) is 3.98. The van der Waals surface area contributed by atoms with Crippen molar-refractivity contribution in [2.45, 2.75) is 31.0 Å². The summed E-state index contributed by atoms with van der Waals surface area (Å²) in [5, 5.41) is 11.3. The number of likely N-dealkylation sites (tertiary alicyclic amines) is 1. The van der Waals surface area contributed by atoms with Crippen molar-refractivity contribution in [1.82, 2.24) is 10.1 Å². The number of piperidine rings is 1. The molecule has 1 fully saturated rings. The lowest BCUT2D eigenvalue weighted by molar-refractivity contribution is -0.139. The number of benzene rings is 1. The third-order valence-corrected chi connectivity index (χ3v) is 4.62. The molecule has 1 aromatic carbocycles. The number of hydrogen-bond donors (Lipinski definition) is 2. The van der Waals surface area contributed by atoms with Crippen molar-refractivity contribution in [1.29, 1.82) is 0 Å². The maximum absolute atomic E-state index is 12.8. The molecule has 9 heteroatoms. The van der Waals surface area contributed by atoms with Crippen molar-refractivity contribution < 1.29 is 27.6 Å². The van der Waals surface area contributed by atoms with Crippen LogP contribution < -0.4 is 5.56 Å². The number of halogens is 3. The lowest BCUT2D eigenvalue weighted by atomic mass is 9.85. The van der Waals surface area contributed by atoms with Gasteiger partial charge in [0, 0.05) is 24.6 Å². The fraction of sp³-hybridized carbons (Fsp3) is 0.412. The average Bonchev–Trinajstić information content (AvgIpc) is 3.00. The SMILES string of the molecule is O=C(O)CN1CCC(c2cc(=O)[nH]o2)CC1c1ccc(C(F)(F)F)cc1. The molecule has 6 nitrogen and oxygen atoms in total. The van der Waals surface area contributed by atoms with E-state index in [1.807, 2.05) is 0 Å². The van der Waals surface area contributed by atoms with E-state index < -0.39 is 17.7 Å². The zero-order valence-corrected chi connectivity index (χ0v) is 13.6. The van der Waals surface area contributed by atoms with Crippen LogP contribution in [0, 0.1) is 0 Å². The van der Waals surface area contributed by atoms with Gasteiger partial charge in [0.2, 0.25) is 0 Å². The Morgan fingerprint density at radius 2 is 2.00 bits per heavy atom. The highest BCUT2D eigenvalue weighted by Crippen LogP contribution is 2.39. The summed E-state index contributed by atoms with van der Waals surface area (Å²) in [5.41, 5.74) is -0.518. The number of carboxylic acids is 1. The summed E-state index contributed by atoms with van der Waals surface area (Å²) in [6.07, 6.45) is -3.40. The first kappa shape index (κ1) is 18.2. The predicted octanol–water partition coefficient (Wildman–Crippen LogP) is 2.99. The van der Waals surface area contributed by atoms with Crippen molar-refractivity contribution in [3.8, 4) is 0 Å². The predicted molar refractivity (Wildman–Crippen MR) is 84.7 cm³/mol. The molecule has 1 aromatic heterocycles. The van der Waals surface area contributed by atoms with Crippen molar-refractivity contribution in [3.05, 3.63) is 57.6 Å². The molecule has 0 saturated carbocycles. The number of H-pyrrole nitrogens is 1. The summed E-state index contributed by atoms with van der Waals surface area (Å²) >= 11 is 0. The molecule has 2 N–H and O–H groups in total. The molecule has 2 aromatic rings. The van der Waals surface area contributed by atoms with Crippen LogP contribution in [0.2, 0.25) is 0 Å². The first-order valence-corrected chi connectivity index (χ1v) is 8.05. The second-order valence-electron chi connectivity index (χ2n) is 6.34. The molecule has 2 atom stereocenters. The monoisotopic (exact) mass is 370 g/mol. The van der Waals surface area contributed by atoms with Gasteiger partial charge < -0.3 is 9.63 Å². The Kier molecular flexibility index (Phi) is 4.90. The van der Waals surface area contributed by atoms with E-state index in [0.717, 1.165) is 12.1 Å². The van der Waals surface area contributed by atoms with Crippen molar-refractivity contribution in [2.24, 2.45) is 0 Å². The molecule has 0 aliphatic carbocycles. The summed E-state index contributed by atoms with van der Waals surface area (Å²) < 4.78 is 43.4. The van der Waals surface area contributed by atoms with Crippen LogP contribution in [-0.2, 0) is 11.0 Å². The van der Waals surface area contributed by atoms with E-state index in [1.165, 1.54) is 18.2 Å². The normalized spacial score (nSPS) is 21.7. The van der Waals surface area contributed by atoms with Gasteiger partial charge in [0.15, 0.2) is 0 Å². The average molecular weight is 370 g/mol. The number of alkyl halides is 3. The summed E-state index contributed by atoms with van der Waals surface area (Å²) in [7, 11) is 0. The van der Waals surface area contributed by atoms with Crippen molar-refractivity contribution in [3.63, 3.8) is 0 Å². The number of aromatic amines is 1. The number of nitrogens with one attached hydrogen (secondary N) is 1. The van der Waals surface area contributed by atoms with Crippen molar-refractivity contribution in [2.75, 3.05) is 13.1 Å². The minimum absolute atomic E-state index is 0.119. The fourth-order valence-corrected chi connectivity index (χ4v) is 3.38. The highest BCUT2D eigenvalue weighted by molar-refractivity contribution is 5.69. The van der Waals surface area contributed by atoms with Gasteiger partial charge >= 0.3 is 12.1 Å². The highest BCUT2D eigenvalue weighted by Gasteiger charge is 2.34. The minimum Gasteiger partial charge on any atom is -0.480 e. The number of aliphatic carboxylic acids is 1. The van der Waals surface area contributed by atoms with E-state index in [9.17, 15) is 22.8 Å². The Morgan fingerprint density at radius 1 is 1.31 bits per heavy atom. The lowest BCUT2D eigenvalue weighted by Gasteiger charge is -2.38. The highest BCUT2D eigenvalue weighted by atomic mass is 19.4. The molecule has 0 amide bonds. The minimum atomic E-state index is -4.43. The Morgan fingerprint density at radius 3 is 2.54 bits per heavy atom. The fourth-order valence-electron chi connectivity index (χ4n) is 3.38. The largest absolute Gasteiger partial charge is 0.480 e. The molecule has 2 heterocycles. The van der Waals surface area contributed by atoms with E-state index in [1.54, 1.807) is 4.90 Å². The van der Waals surface area contributed by atoms with E-state index in [2.05, 4.69) is 5.16 Å². The van der Waals surface area contributed by atoms with Crippen LogP contribution in [-0.4, -0.2) is 34.2 Å². The van der Waals surface area contributed by atoms with Gasteiger partial charge in [0.25, 0.3) is 5.56 Å². The Labute approximate surface area is 146 Å². The molecule has 1 aliphatic heterocycles. The van der Waals surface area contributed by atoms with Crippen LogP contribution in [0.15, 0.2) is 39.6 Å². The van der Waals surface area contributed by atoms with Gasteiger partial charge in [-0.15, -0.1) is 0 Å². The maximum Gasteiger partial charge on any atom is 0.416 e. The van der Waals surface area contributed by atoms with E-state index >= 15 is 0 Å². The van der Waals surface area contributed by atoms with Crippen LogP contribution in [0.5, 0.6) is 0 Å². The Bertz CT molecular complexity index is 826. The van der Waals surface area contributed by atoms with Gasteiger partial charge in [0.05, 0.1) is 12.1 Å². The summed E-state index contributed by atoms with van der Waals surface area (Å²) in [5.74, 6) is -0.651. The Balaban J connectivity index is 1.87. The first-order valence-electron chi connectivity index (χ1n) is 8.05. The molecule has 0 bridgehead atoms. The van der Waals surface area contributed by atoms with Gasteiger partial charge in [-0.1, -0.05) is 12.1 Å².